The fraction of sp³-hybridized carbons (Fsp3) is 0.500. The van der Waals surface area contributed by atoms with E-state index in [0.29, 0.717) is 6.42 Å². The Morgan fingerprint density at radius 1 is 1.23 bits per heavy atom. The molecule has 146 valence electrons. The van der Waals surface area contributed by atoms with Crippen LogP contribution in [-0.2, 0) is 24.4 Å². The molecule has 1 aromatic rings. The maximum atomic E-state index is 13.8. The minimum atomic E-state index is -4.25. The van der Waals surface area contributed by atoms with Crippen LogP contribution in [-0.4, -0.2) is 49.5 Å². The number of ether oxygens (including phenoxy) is 3. The molecule has 26 heavy (non-hydrogen) atoms. The smallest absolute Gasteiger partial charge is 0.344 e. The van der Waals surface area contributed by atoms with E-state index >= 15 is 0 Å². The largest absolute Gasteiger partial charge is 0.485 e. The number of halogens is 1. The normalized spacial score (nSPS) is 11.7. The Hall–Kier alpha value is -2.20. The zero-order valence-corrected chi connectivity index (χ0v) is 15.5. The highest BCUT2D eigenvalue weighted by Crippen LogP contribution is 2.25. The van der Waals surface area contributed by atoms with Gasteiger partial charge in [0.1, 0.15) is 18.0 Å². The van der Waals surface area contributed by atoms with Crippen molar-refractivity contribution in [3.8, 4) is 5.75 Å². The van der Waals surface area contributed by atoms with E-state index in [2.05, 4.69) is 4.74 Å². The standard InChI is InChI=1S/C16H21FO8S/c1-4-16(2,3)25-13-9-11(5-6-12(13)17)15(19)24-10-14(18)23-7-8-26(20,21)22/h5-6,9H,4,7-8,10H2,1-3H3,(H,20,21,22). The highest BCUT2D eigenvalue weighted by atomic mass is 32.2. The molecule has 1 aromatic carbocycles. The van der Waals surface area contributed by atoms with E-state index < -0.39 is 52.4 Å². The Labute approximate surface area is 151 Å². The Morgan fingerprint density at radius 2 is 1.88 bits per heavy atom. The molecule has 1 rings (SSSR count). The summed E-state index contributed by atoms with van der Waals surface area (Å²) >= 11 is 0. The van der Waals surface area contributed by atoms with E-state index in [1.54, 1.807) is 13.8 Å². The maximum absolute atomic E-state index is 13.8. The topological polar surface area (TPSA) is 116 Å². The second-order valence-corrected chi connectivity index (χ2v) is 7.52. The minimum absolute atomic E-state index is 0.0287. The predicted octanol–water partition coefficient (Wildman–Crippen LogP) is 1.98. The molecule has 0 aliphatic carbocycles. The average molecular weight is 392 g/mol. The van der Waals surface area contributed by atoms with Crippen LogP contribution in [0.3, 0.4) is 0 Å². The number of esters is 2. The van der Waals surface area contributed by atoms with Gasteiger partial charge in [0.15, 0.2) is 18.2 Å². The number of carbonyl (C=O) groups is 2. The van der Waals surface area contributed by atoms with E-state index in [1.807, 2.05) is 6.92 Å². The summed E-state index contributed by atoms with van der Waals surface area (Å²) in [6.07, 6.45) is 0.608. The quantitative estimate of drug-likeness (QED) is 0.501. The van der Waals surface area contributed by atoms with Gasteiger partial charge in [-0.3, -0.25) is 4.55 Å². The van der Waals surface area contributed by atoms with Crippen LogP contribution >= 0.6 is 0 Å². The molecule has 0 aromatic heterocycles. The number of rotatable bonds is 9. The highest BCUT2D eigenvalue weighted by Gasteiger charge is 2.21. The van der Waals surface area contributed by atoms with Crippen LogP contribution in [0.5, 0.6) is 5.75 Å². The van der Waals surface area contributed by atoms with Crippen LogP contribution in [0.25, 0.3) is 0 Å². The van der Waals surface area contributed by atoms with Gasteiger partial charge in [-0.1, -0.05) is 6.92 Å². The number of hydrogen-bond donors (Lipinski definition) is 1. The molecule has 0 spiro atoms. The van der Waals surface area contributed by atoms with Crippen LogP contribution in [0, 0.1) is 5.82 Å². The van der Waals surface area contributed by atoms with Crippen molar-refractivity contribution in [2.24, 2.45) is 0 Å². The lowest BCUT2D eigenvalue weighted by atomic mass is 10.1. The van der Waals surface area contributed by atoms with Crippen LogP contribution in [0.1, 0.15) is 37.6 Å². The predicted molar refractivity (Wildman–Crippen MR) is 89.1 cm³/mol. The van der Waals surface area contributed by atoms with Crippen molar-refractivity contribution < 1.29 is 41.2 Å². The SMILES string of the molecule is CCC(C)(C)Oc1cc(C(=O)OCC(=O)OCCS(=O)(=O)O)ccc1F. The molecule has 0 bridgehead atoms. The Morgan fingerprint density at radius 3 is 2.46 bits per heavy atom. The summed E-state index contributed by atoms with van der Waals surface area (Å²) in [6.45, 7) is 4.05. The van der Waals surface area contributed by atoms with E-state index in [4.69, 9.17) is 14.0 Å². The van der Waals surface area contributed by atoms with Crippen molar-refractivity contribution in [2.75, 3.05) is 19.0 Å². The molecule has 10 heteroatoms. The summed E-state index contributed by atoms with van der Waals surface area (Å²) in [5.74, 6) is -3.43. The molecule has 0 saturated heterocycles. The minimum Gasteiger partial charge on any atom is -0.485 e. The number of hydrogen-bond acceptors (Lipinski definition) is 7. The van der Waals surface area contributed by atoms with Gasteiger partial charge in [-0.15, -0.1) is 0 Å². The lowest BCUT2D eigenvalue weighted by Crippen LogP contribution is -2.27. The highest BCUT2D eigenvalue weighted by molar-refractivity contribution is 7.85. The van der Waals surface area contributed by atoms with E-state index in [9.17, 15) is 22.4 Å². The Balaban J connectivity index is 2.63. The fourth-order valence-corrected chi connectivity index (χ4v) is 1.88. The molecular formula is C16H21FO8S. The third kappa shape index (κ3) is 7.79. The van der Waals surface area contributed by atoms with Gasteiger partial charge >= 0.3 is 11.9 Å². The zero-order valence-electron chi connectivity index (χ0n) is 14.7. The van der Waals surface area contributed by atoms with Crippen LogP contribution < -0.4 is 4.74 Å². The van der Waals surface area contributed by atoms with Gasteiger partial charge in [-0.2, -0.15) is 8.42 Å². The summed E-state index contributed by atoms with van der Waals surface area (Å²) < 4.78 is 58.0. The van der Waals surface area contributed by atoms with Crippen molar-refractivity contribution in [3.05, 3.63) is 29.6 Å². The summed E-state index contributed by atoms with van der Waals surface area (Å²) in [6, 6.07) is 3.38. The molecule has 0 heterocycles. The molecule has 0 saturated carbocycles. The summed E-state index contributed by atoms with van der Waals surface area (Å²) in [4.78, 5) is 23.3. The van der Waals surface area contributed by atoms with Crippen molar-refractivity contribution in [1.29, 1.82) is 0 Å². The fourth-order valence-electron chi connectivity index (χ4n) is 1.59. The molecule has 1 N–H and O–H groups in total. The third-order valence-corrected chi connectivity index (χ3v) is 4.01. The van der Waals surface area contributed by atoms with Gasteiger partial charge in [0.05, 0.1) is 5.56 Å². The molecule has 0 aliphatic heterocycles. The second kappa shape index (κ2) is 8.95. The van der Waals surface area contributed by atoms with E-state index in [-0.39, 0.29) is 11.3 Å². The summed E-state index contributed by atoms with van der Waals surface area (Å²) in [5.41, 5.74) is -0.667. The lowest BCUT2D eigenvalue weighted by Gasteiger charge is -2.25. The van der Waals surface area contributed by atoms with Crippen LogP contribution in [0.2, 0.25) is 0 Å². The summed E-state index contributed by atoms with van der Waals surface area (Å²) in [5, 5.41) is 0. The molecule has 0 aliphatic rings. The molecular weight excluding hydrogens is 371 g/mol. The Kier molecular flexibility index (Phi) is 7.52. The monoisotopic (exact) mass is 392 g/mol. The van der Waals surface area contributed by atoms with Crippen LogP contribution in [0.15, 0.2) is 18.2 Å². The molecule has 0 atom stereocenters. The third-order valence-electron chi connectivity index (χ3n) is 3.33. The molecule has 8 nitrogen and oxygen atoms in total. The Bertz CT molecular complexity index is 758. The van der Waals surface area contributed by atoms with Crippen molar-refractivity contribution in [3.63, 3.8) is 0 Å². The first-order valence-corrected chi connectivity index (χ1v) is 9.31. The number of carbonyl (C=O) groups excluding carboxylic acids is 2. The summed E-state index contributed by atoms with van der Waals surface area (Å²) in [7, 11) is -4.25. The van der Waals surface area contributed by atoms with Crippen molar-refractivity contribution >= 4 is 22.1 Å². The zero-order chi connectivity index (χ0) is 20.0. The van der Waals surface area contributed by atoms with Crippen molar-refractivity contribution in [1.82, 2.24) is 0 Å². The molecule has 0 fully saturated rings. The second-order valence-electron chi connectivity index (χ2n) is 5.94. The van der Waals surface area contributed by atoms with E-state index in [0.717, 1.165) is 6.07 Å². The molecule has 0 radical (unpaired) electrons. The molecule has 0 unspecified atom stereocenters. The van der Waals surface area contributed by atoms with Crippen LogP contribution in [0.4, 0.5) is 4.39 Å². The average Bonchev–Trinajstić information content (AvgIpc) is 2.53. The number of benzene rings is 1. The first-order valence-electron chi connectivity index (χ1n) is 7.70. The first kappa shape index (κ1) is 21.8. The lowest BCUT2D eigenvalue weighted by molar-refractivity contribution is -0.146. The van der Waals surface area contributed by atoms with Gasteiger partial charge in [-0.25, -0.2) is 14.0 Å². The van der Waals surface area contributed by atoms with E-state index in [1.165, 1.54) is 12.1 Å². The van der Waals surface area contributed by atoms with Gasteiger partial charge in [0, 0.05) is 0 Å². The van der Waals surface area contributed by atoms with Gasteiger partial charge in [-0.05, 0) is 38.5 Å². The van der Waals surface area contributed by atoms with Crippen molar-refractivity contribution in [2.45, 2.75) is 32.8 Å². The van der Waals surface area contributed by atoms with Gasteiger partial charge < -0.3 is 14.2 Å². The van der Waals surface area contributed by atoms with Gasteiger partial charge in [0.2, 0.25) is 0 Å². The van der Waals surface area contributed by atoms with Gasteiger partial charge in [0.25, 0.3) is 10.1 Å². The molecule has 0 amide bonds. The first-order chi connectivity index (χ1) is 11.9. The maximum Gasteiger partial charge on any atom is 0.344 e.